The second-order valence-electron chi connectivity index (χ2n) is 4.43. The molecule has 0 spiro atoms. The van der Waals surface area contributed by atoms with E-state index in [1.807, 2.05) is 12.1 Å². The summed E-state index contributed by atoms with van der Waals surface area (Å²) in [6.07, 6.45) is 3.74. The van der Waals surface area contributed by atoms with Crippen molar-refractivity contribution in [3.63, 3.8) is 0 Å². The van der Waals surface area contributed by atoms with Gasteiger partial charge in [0.15, 0.2) is 0 Å². The summed E-state index contributed by atoms with van der Waals surface area (Å²) in [7, 11) is 0. The van der Waals surface area contributed by atoms with Crippen molar-refractivity contribution in [1.29, 1.82) is 0 Å². The number of benzene rings is 1. The SMILES string of the molecule is CC1CCCCN1c1cccc(Cl)c1CO. The van der Waals surface area contributed by atoms with Gasteiger partial charge in [0, 0.05) is 28.9 Å². The monoisotopic (exact) mass is 239 g/mol. The largest absolute Gasteiger partial charge is 0.392 e. The summed E-state index contributed by atoms with van der Waals surface area (Å²) < 4.78 is 0. The Bertz CT molecular complexity index is 367. The molecule has 2 nitrogen and oxygen atoms in total. The molecule has 0 aromatic heterocycles. The second kappa shape index (κ2) is 5.07. The van der Waals surface area contributed by atoms with Crippen molar-refractivity contribution in [2.75, 3.05) is 11.4 Å². The van der Waals surface area contributed by atoms with E-state index in [9.17, 15) is 5.11 Å². The highest BCUT2D eigenvalue weighted by Crippen LogP contribution is 2.31. The van der Waals surface area contributed by atoms with Crippen LogP contribution in [0.1, 0.15) is 31.7 Å². The highest BCUT2D eigenvalue weighted by atomic mass is 35.5. The summed E-state index contributed by atoms with van der Waals surface area (Å²) in [6.45, 7) is 3.31. The van der Waals surface area contributed by atoms with Crippen LogP contribution in [0, 0.1) is 0 Å². The number of rotatable bonds is 2. The molecule has 1 aliphatic heterocycles. The minimum absolute atomic E-state index is 0.0121. The van der Waals surface area contributed by atoms with Gasteiger partial charge in [-0.05, 0) is 38.3 Å². The van der Waals surface area contributed by atoms with E-state index in [2.05, 4.69) is 17.9 Å². The maximum atomic E-state index is 9.41. The fourth-order valence-corrected chi connectivity index (χ4v) is 2.66. The van der Waals surface area contributed by atoms with Crippen molar-refractivity contribution in [2.45, 2.75) is 38.8 Å². The van der Waals surface area contributed by atoms with Gasteiger partial charge in [-0.25, -0.2) is 0 Å². The Morgan fingerprint density at radius 2 is 2.25 bits per heavy atom. The molecule has 2 rings (SSSR count). The topological polar surface area (TPSA) is 23.5 Å². The molecule has 1 aliphatic rings. The first-order chi connectivity index (χ1) is 7.74. The van der Waals surface area contributed by atoms with Gasteiger partial charge in [-0.2, -0.15) is 0 Å². The number of aliphatic hydroxyl groups is 1. The van der Waals surface area contributed by atoms with Crippen LogP contribution >= 0.6 is 11.6 Å². The molecule has 1 atom stereocenters. The Hall–Kier alpha value is -0.730. The van der Waals surface area contributed by atoms with Gasteiger partial charge >= 0.3 is 0 Å². The summed E-state index contributed by atoms with van der Waals surface area (Å²) in [4.78, 5) is 2.36. The van der Waals surface area contributed by atoms with Crippen molar-refractivity contribution in [3.05, 3.63) is 28.8 Å². The zero-order valence-electron chi connectivity index (χ0n) is 9.62. The maximum absolute atomic E-state index is 9.41. The summed E-state index contributed by atoms with van der Waals surface area (Å²) in [5.41, 5.74) is 1.96. The van der Waals surface area contributed by atoms with Crippen molar-refractivity contribution < 1.29 is 5.11 Å². The van der Waals surface area contributed by atoms with E-state index >= 15 is 0 Å². The van der Waals surface area contributed by atoms with E-state index in [-0.39, 0.29) is 6.61 Å². The molecule has 1 unspecified atom stereocenters. The fourth-order valence-electron chi connectivity index (χ4n) is 2.43. The van der Waals surface area contributed by atoms with Crippen molar-refractivity contribution >= 4 is 17.3 Å². The molecule has 0 saturated carbocycles. The van der Waals surface area contributed by atoms with Crippen LogP contribution in [0.5, 0.6) is 0 Å². The molecule has 0 radical (unpaired) electrons. The second-order valence-corrected chi connectivity index (χ2v) is 4.84. The van der Waals surface area contributed by atoms with Crippen LogP contribution in [-0.4, -0.2) is 17.7 Å². The lowest BCUT2D eigenvalue weighted by Crippen LogP contribution is -2.38. The van der Waals surface area contributed by atoms with E-state index in [1.54, 1.807) is 0 Å². The van der Waals surface area contributed by atoms with Crippen LogP contribution in [-0.2, 0) is 6.61 Å². The zero-order chi connectivity index (χ0) is 11.5. The van der Waals surface area contributed by atoms with Gasteiger partial charge in [0.2, 0.25) is 0 Å². The van der Waals surface area contributed by atoms with Crippen LogP contribution in [0.4, 0.5) is 5.69 Å². The van der Waals surface area contributed by atoms with Gasteiger partial charge in [-0.1, -0.05) is 17.7 Å². The van der Waals surface area contributed by atoms with E-state index < -0.39 is 0 Å². The van der Waals surface area contributed by atoms with Crippen LogP contribution < -0.4 is 4.90 Å². The standard InChI is InChI=1S/C13H18ClNO/c1-10-5-2-3-8-15(10)13-7-4-6-12(14)11(13)9-16/h4,6-7,10,16H,2-3,5,8-9H2,1H3. The van der Waals surface area contributed by atoms with E-state index in [0.717, 1.165) is 17.8 Å². The number of anilines is 1. The molecule has 1 aromatic rings. The lowest BCUT2D eigenvalue weighted by molar-refractivity contribution is 0.281. The van der Waals surface area contributed by atoms with Gasteiger partial charge in [0.1, 0.15) is 0 Å². The number of halogens is 1. The Balaban J connectivity index is 2.34. The third-order valence-electron chi connectivity index (χ3n) is 3.36. The van der Waals surface area contributed by atoms with Crippen LogP contribution in [0.3, 0.4) is 0 Å². The third kappa shape index (κ3) is 2.18. The van der Waals surface area contributed by atoms with Crippen LogP contribution in [0.25, 0.3) is 0 Å². The molecule has 0 bridgehead atoms. The number of nitrogens with zero attached hydrogens (tertiary/aromatic N) is 1. The predicted molar refractivity (Wildman–Crippen MR) is 68.0 cm³/mol. The third-order valence-corrected chi connectivity index (χ3v) is 3.72. The zero-order valence-corrected chi connectivity index (χ0v) is 10.4. The fraction of sp³-hybridized carbons (Fsp3) is 0.538. The van der Waals surface area contributed by atoms with Gasteiger partial charge in [0.05, 0.1) is 6.61 Å². The van der Waals surface area contributed by atoms with E-state index in [4.69, 9.17) is 11.6 Å². The first-order valence-electron chi connectivity index (χ1n) is 5.89. The summed E-state index contributed by atoms with van der Waals surface area (Å²) >= 11 is 6.11. The smallest absolute Gasteiger partial charge is 0.0716 e. The molecule has 16 heavy (non-hydrogen) atoms. The molecule has 1 aromatic carbocycles. The van der Waals surface area contributed by atoms with Crippen LogP contribution in [0.2, 0.25) is 5.02 Å². The molecule has 1 heterocycles. The quantitative estimate of drug-likeness (QED) is 0.857. The average Bonchev–Trinajstić information content (AvgIpc) is 2.29. The highest BCUT2D eigenvalue weighted by molar-refractivity contribution is 6.31. The van der Waals surface area contributed by atoms with E-state index in [0.29, 0.717) is 11.1 Å². The average molecular weight is 240 g/mol. The van der Waals surface area contributed by atoms with Crippen molar-refractivity contribution in [3.8, 4) is 0 Å². The Morgan fingerprint density at radius 1 is 1.44 bits per heavy atom. The molecule has 1 fully saturated rings. The summed E-state index contributed by atoms with van der Waals surface area (Å²) in [5, 5.41) is 10.1. The molecule has 3 heteroatoms. The summed E-state index contributed by atoms with van der Waals surface area (Å²) in [5.74, 6) is 0. The molecule has 1 N–H and O–H groups in total. The lowest BCUT2D eigenvalue weighted by Gasteiger charge is -2.36. The molecular formula is C13H18ClNO. The minimum atomic E-state index is 0.0121. The normalized spacial score (nSPS) is 21.2. The number of aliphatic hydroxyl groups excluding tert-OH is 1. The molecule has 1 saturated heterocycles. The first kappa shape index (κ1) is 11.7. The molecule has 0 aliphatic carbocycles. The van der Waals surface area contributed by atoms with Gasteiger partial charge in [-0.3, -0.25) is 0 Å². The van der Waals surface area contributed by atoms with Gasteiger partial charge in [-0.15, -0.1) is 0 Å². The van der Waals surface area contributed by atoms with E-state index in [1.165, 1.54) is 19.3 Å². The predicted octanol–water partition coefficient (Wildman–Crippen LogP) is 3.21. The Labute approximate surface area is 102 Å². The highest BCUT2D eigenvalue weighted by Gasteiger charge is 2.21. The van der Waals surface area contributed by atoms with Crippen molar-refractivity contribution in [1.82, 2.24) is 0 Å². The Morgan fingerprint density at radius 3 is 2.94 bits per heavy atom. The van der Waals surface area contributed by atoms with Gasteiger partial charge < -0.3 is 10.0 Å². The first-order valence-corrected chi connectivity index (χ1v) is 6.26. The molecule has 0 amide bonds. The Kier molecular flexibility index (Phi) is 3.72. The number of hydrogen-bond donors (Lipinski definition) is 1. The number of piperidine rings is 1. The molecule has 88 valence electrons. The number of hydrogen-bond acceptors (Lipinski definition) is 2. The maximum Gasteiger partial charge on any atom is 0.0716 e. The lowest BCUT2D eigenvalue weighted by atomic mass is 10.0. The van der Waals surface area contributed by atoms with Crippen LogP contribution in [0.15, 0.2) is 18.2 Å². The van der Waals surface area contributed by atoms with Gasteiger partial charge in [0.25, 0.3) is 0 Å². The minimum Gasteiger partial charge on any atom is -0.392 e. The molecular weight excluding hydrogens is 222 g/mol. The summed E-state index contributed by atoms with van der Waals surface area (Å²) in [6, 6.07) is 6.39. The van der Waals surface area contributed by atoms with Crippen molar-refractivity contribution in [2.24, 2.45) is 0 Å².